The number of hydrogen-bond donors (Lipinski definition) is 1. The van der Waals surface area contributed by atoms with Crippen LogP contribution in [-0.4, -0.2) is 59.1 Å². The minimum atomic E-state index is -2.95. The second kappa shape index (κ2) is 6.37. The van der Waals surface area contributed by atoms with Crippen LogP contribution in [0.2, 0.25) is 0 Å². The lowest BCUT2D eigenvalue weighted by Gasteiger charge is -2.17. The topological polar surface area (TPSA) is 78.4 Å². The van der Waals surface area contributed by atoms with E-state index < -0.39 is 6.61 Å². The third-order valence-electron chi connectivity index (χ3n) is 6.68. The smallest absolute Gasteiger partial charge is 0.387 e. The number of aromatic nitrogens is 3. The molecule has 9 heteroatoms. The van der Waals surface area contributed by atoms with Gasteiger partial charge in [0.1, 0.15) is 0 Å². The summed E-state index contributed by atoms with van der Waals surface area (Å²) in [5.41, 5.74) is 8.42. The van der Waals surface area contributed by atoms with Crippen LogP contribution in [0, 0.1) is 11.8 Å². The number of hydrogen-bond acceptors (Lipinski definition) is 6. The maximum absolute atomic E-state index is 12.7. The second-order valence-electron chi connectivity index (χ2n) is 8.44. The van der Waals surface area contributed by atoms with Gasteiger partial charge in [-0.15, -0.1) is 0 Å². The fourth-order valence-corrected chi connectivity index (χ4v) is 5.40. The quantitative estimate of drug-likeness (QED) is 0.727. The number of pyridine rings is 1. The Bertz CT molecular complexity index is 943. The molecule has 2 aliphatic carbocycles. The van der Waals surface area contributed by atoms with Crippen LogP contribution >= 0.6 is 0 Å². The molecule has 29 heavy (non-hydrogen) atoms. The normalized spacial score (nSPS) is 29.6. The summed E-state index contributed by atoms with van der Waals surface area (Å²) >= 11 is 0. The Morgan fingerprint density at radius 3 is 2.79 bits per heavy atom. The monoisotopic (exact) mass is 405 g/mol. The Kier molecular flexibility index (Phi) is 4.12. The first-order valence-corrected chi connectivity index (χ1v) is 9.93. The average Bonchev–Trinajstić information content (AvgIpc) is 3.24. The molecule has 0 aromatic carbocycles. The van der Waals surface area contributed by atoms with Crippen LogP contribution in [0.5, 0.6) is 5.75 Å². The van der Waals surface area contributed by atoms with Crippen LogP contribution in [0.4, 0.5) is 14.6 Å². The van der Waals surface area contributed by atoms with Crippen LogP contribution < -0.4 is 10.5 Å². The molecule has 4 heterocycles. The summed E-state index contributed by atoms with van der Waals surface area (Å²) < 4.78 is 37.1. The van der Waals surface area contributed by atoms with Gasteiger partial charge in [0.2, 0.25) is 0 Å². The fraction of sp³-hybridized carbons (Fsp3) is 0.600. The van der Waals surface area contributed by atoms with Gasteiger partial charge < -0.3 is 15.2 Å². The molecule has 2 bridgehead atoms. The molecule has 2 aromatic rings. The number of methoxy groups -OCH3 is 1. The third kappa shape index (κ3) is 2.60. The number of rotatable bonds is 8. The molecule has 156 valence electrons. The molecule has 7 nitrogen and oxygen atoms in total. The van der Waals surface area contributed by atoms with Crippen molar-refractivity contribution >= 4 is 5.82 Å². The summed E-state index contributed by atoms with van der Waals surface area (Å²) in [6.45, 7) is 4.05. The number of fused-ring (bicyclic) bond motifs is 1. The van der Waals surface area contributed by atoms with Crippen LogP contribution in [0.1, 0.15) is 25.6 Å². The van der Waals surface area contributed by atoms with Gasteiger partial charge in [-0.05, 0) is 37.8 Å². The number of nitrogen functional groups attached to an aromatic ring is 1. The van der Waals surface area contributed by atoms with E-state index in [1.165, 1.54) is 11.8 Å². The van der Waals surface area contributed by atoms with Gasteiger partial charge in [0.05, 0.1) is 12.3 Å². The Morgan fingerprint density at radius 1 is 1.34 bits per heavy atom. The van der Waals surface area contributed by atoms with Crippen molar-refractivity contribution in [2.24, 2.45) is 11.8 Å². The molecule has 2 aromatic heterocycles. The van der Waals surface area contributed by atoms with Crippen molar-refractivity contribution in [3.05, 3.63) is 24.0 Å². The highest BCUT2D eigenvalue weighted by Gasteiger charge is 2.93. The second-order valence-corrected chi connectivity index (χ2v) is 8.44. The summed E-state index contributed by atoms with van der Waals surface area (Å²) in [5, 5.41) is 4.80. The maximum atomic E-state index is 12.7. The molecular formula is C20H25F2N5O2. The van der Waals surface area contributed by atoms with E-state index in [4.69, 9.17) is 15.6 Å². The SMILES string of the molecule is COCCN1C[C@@H]2[C@@H]3C1[C@@]23c1cc(-c2cnc(N)c(OC(F)F)c2)nn1C(C)C. The molecular weight excluding hydrogens is 380 g/mol. The summed E-state index contributed by atoms with van der Waals surface area (Å²) in [5.74, 6) is 1.18. The van der Waals surface area contributed by atoms with Crippen LogP contribution in [-0.2, 0) is 10.2 Å². The van der Waals surface area contributed by atoms with Gasteiger partial charge in [-0.3, -0.25) is 9.58 Å². The summed E-state index contributed by atoms with van der Waals surface area (Å²) in [4.78, 5) is 6.54. The van der Waals surface area contributed by atoms with Crippen LogP contribution in [0.3, 0.4) is 0 Å². The molecule has 2 aliphatic heterocycles. The predicted molar refractivity (Wildman–Crippen MR) is 103 cm³/mol. The van der Waals surface area contributed by atoms with Crippen molar-refractivity contribution in [1.82, 2.24) is 19.7 Å². The molecule has 4 atom stereocenters. The molecule has 0 spiro atoms. The first-order chi connectivity index (χ1) is 13.9. The van der Waals surface area contributed by atoms with Gasteiger partial charge in [-0.2, -0.15) is 13.9 Å². The summed E-state index contributed by atoms with van der Waals surface area (Å²) in [6.07, 6.45) is 1.55. The Hall–Kier alpha value is -2.26. The van der Waals surface area contributed by atoms with Crippen molar-refractivity contribution in [2.45, 2.75) is 38.0 Å². The number of alkyl halides is 2. The molecule has 2 saturated carbocycles. The van der Waals surface area contributed by atoms with E-state index in [-0.39, 0.29) is 23.0 Å². The lowest BCUT2D eigenvalue weighted by Crippen LogP contribution is -2.27. The van der Waals surface area contributed by atoms with E-state index in [1.54, 1.807) is 13.3 Å². The standard InChI is InChI=1S/C20H25F2N5O2/c1-10(2)27-15(20-12-9-26(4-5-28-3)17(20)16(12)20)7-13(25-27)11-6-14(29-19(21)22)18(23)24-8-11/h6-8,10,12,16-17,19H,4-5,9H2,1-3H3,(H2,23,24)/t12-,16-,17?,20-/m1/s1. The van der Waals surface area contributed by atoms with Crippen LogP contribution in [0.25, 0.3) is 11.3 Å². The van der Waals surface area contributed by atoms with Gasteiger partial charge in [0.15, 0.2) is 11.6 Å². The van der Waals surface area contributed by atoms with Crippen LogP contribution in [0.15, 0.2) is 18.3 Å². The number of nitrogens with two attached hydrogens (primary N) is 1. The number of nitrogens with zero attached hydrogens (tertiary/aromatic N) is 4. The van der Waals surface area contributed by atoms with Crippen molar-refractivity contribution in [3.63, 3.8) is 0 Å². The zero-order valence-corrected chi connectivity index (χ0v) is 16.7. The van der Waals surface area contributed by atoms with Gasteiger partial charge in [0, 0.05) is 55.2 Å². The maximum Gasteiger partial charge on any atom is 0.387 e. The van der Waals surface area contributed by atoms with Crippen molar-refractivity contribution in [1.29, 1.82) is 0 Å². The van der Waals surface area contributed by atoms with E-state index in [2.05, 4.69) is 39.2 Å². The predicted octanol–water partition coefficient (Wildman–Crippen LogP) is 2.54. The Labute approximate surface area is 167 Å². The summed E-state index contributed by atoms with van der Waals surface area (Å²) in [7, 11) is 1.73. The molecule has 4 fully saturated rings. The zero-order valence-electron chi connectivity index (χ0n) is 16.7. The van der Waals surface area contributed by atoms with E-state index in [0.29, 0.717) is 29.1 Å². The van der Waals surface area contributed by atoms with Gasteiger partial charge in [0.25, 0.3) is 0 Å². The first kappa shape index (κ1) is 18.7. The van der Waals surface area contributed by atoms with Crippen molar-refractivity contribution in [3.8, 4) is 17.0 Å². The van der Waals surface area contributed by atoms with Gasteiger partial charge in [-0.1, -0.05) is 0 Å². The molecule has 0 radical (unpaired) electrons. The van der Waals surface area contributed by atoms with E-state index in [0.717, 1.165) is 19.7 Å². The minimum absolute atomic E-state index is 0.0626. The molecule has 0 amide bonds. The highest BCUT2D eigenvalue weighted by Crippen LogP contribution is 2.85. The molecule has 6 rings (SSSR count). The van der Waals surface area contributed by atoms with Crippen molar-refractivity contribution in [2.75, 3.05) is 32.5 Å². The minimum Gasteiger partial charge on any atom is -0.431 e. The van der Waals surface area contributed by atoms with Gasteiger partial charge in [-0.25, -0.2) is 4.98 Å². The Morgan fingerprint density at radius 2 is 2.14 bits per heavy atom. The zero-order chi connectivity index (χ0) is 20.5. The molecule has 2 N–H and O–H groups in total. The highest BCUT2D eigenvalue weighted by atomic mass is 19.3. The van der Waals surface area contributed by atoms with E-state index in [1.807, 2.05) is 0 Å². The molecule has 2 saturated heterocycles. The third-order valence-corrected chi connectivity index (χ3v) is 6.68. The molecule has 4 aliphatic rings. The average molecular weight is 405 g/mol. The van der Waals surface area contributed by atoms with E-state index >= 15 is 0 Å². The summed E-state index contributed by atoms with van der Waals surface area (Å²) in [6, 6.07) is 4.33. The first-order valence-electron chi connectivity index (χ1n) is 9.93. The number of ether oxygens (including phenoxy) is 2. The van der Waals surface area contributed by atoms with Gasteiger partial charge >= 0.3 is 6.61 Å². The molecule has 1 unspecified atom stereocenters. The number of halogens is 2. The van der Waals surface area contributed by atoms with Crippen molar-refractivity contribution < 1.29 is 18.3 Å². The lowest BCUT2D eigenvalue weighted by molar-refractivity contribution is -0.0494. The highest BCUT2D eigenvalue weighted by molar-refractivity contribution is 5.66. The number of anilines is 1. The Balaban J connectivity index is 1.47. The van der Waals surface area contributed by atoms with E-state index in [9.17, 15) is 8.78 Å². The number of piperidine rings is 1. The largest absolute Gasteiger partial charge is 0.431 e. The fourth-order valence-electron chi connectivity index (χ4n) is 5.40. The lowest BCUT2D eigenvalue weighted by atomic mass is 10.0.